The number of amides is 1. The topological polar surface area (TPSA) is 44.1 Å². The number of aryl methyl sites for hydroxylation is 1. The number of rotatable bonds is 1. The summed E-state index contributed by atoms with van der Waals surface area (Å²) < 4.78 is 0. The Morgan fingerprint density at radius 1 is 1.47 bits per heavy atom. The molecule has 2 rings (SSSR count). The van der Waals surface area contributed by atoms with Crippen LogP contribution in [0.1, 0.15) is 34.3 Å². The van der Waals surface area contributed by atoms with Crippen LogP contribution < -0.4 is 0 Å². The van der Waals surface area contributed by atoms with Crippen molar-refractivity contribution in [2.24, 2.45) is 5.41 Å². The Bertz CT molecular complexity index is 464. The molecular formula is C13H16N2OS. The first kappa shape index (κ1) is 12.1. The summed E-state index contributed by atoms with van der Waals surface area (Å²) in [6.45, 7) is 5.37. The molecule has 0 bridgehead atoms. The fraction of sp³-hybridized carbons (Fsp3) is 0.538. The molecule has 2 heterocycles. The monoisotopic (exact) mass is 248 g/mol. The van der Waals surface area contributed by atoms with Crippen molar-refractivity contribution in [2.45, 2.75) is 26.7 Å². The molecule has 0 atom stereocenters. The highest BCUT2D eigenvalue weighted by Crippen LogP contribution is 2.30. The number of likely N-dealkylation sites (tertiary alicyclic amines) is 1. The molecule has 1 aromatic heterocycles. The number of carbonyl (C=O) groups is 1. The summed E-state index contributed by atoms with van der Waals surface area (Å²) in [6.07, 6.45) is 1.55. The van der Waals surface area contributed by atoms with Gasteiger partial charge in [0, 0.05) is 18.0 Å². The van der Waals surface area contributed by atoms with E-state index in [-0.39, 0.29) is 11.3 Å². The van der Waals surface area contributed by atoms with E-state index in [1.165, 1.54) is 11.3 Å². The van der Waals surface area contributed by atoms with E-state index in [9.17, 15) is 4.79 Å². The van der Waals surface area contributed by atoms with Crippen molar-refractivity contribution < 1.29 is 4.79 Å². The molecule has 3 nitrogen and oxygen atoms in total. The van der Waals surface area contributed by atoms with Crippen molar-refractivity contribution in [1.82, 2.24) is 4.90 Å². The third-order valence-electron chi connectivity index (χ3n) is 3.38. The van der Waals surface area contributed by atoms with E-state index < -0.39 is 0 Å². The minimum Gasteiger partial charge on any atom is -0.338 e. The lowest BCUT2D eigenvalue weighted by molar-refractivity contribution is 0.0666. The molecule has 1 amide bonds. The summed E-state index contributed by atoms with van der Waals surface area (Å²) in [5.74, 6) is 0.114. The van der Waals surface area contributed by atoms with Gasteiger partial charge in [0.1, 0.15) is 0 Å². The second kappa shape index (κ2) is 4.50. The van der Waals surface area contributed by atoms with Crippen molar-refractivity contribution in [3.8, 4) is 6.07 Å². The highest BCUT2D eigenvalue weighted by Gasteiger charge is 2.32. The van der Waals surface area contributed by atoms with Crippen molar-refractivity contribution >= 4 is 17.2 Å². The molecular weight excluding hydrogens is 232 g/mol. The van der Waals surface area contributed by atoms with Crippen molar-refractivity contribution in [2.75, 3.05) is 13.1 Å². The lowest BCUT2D eigenvalue weighted by atomic mass is 9.82. The Labute approximate surface area is 106 Å². The van der Waals surface area contributed by atoms with E-state index >= 15 is 0 Å². The maximum atomic E-state index is 12.2. The highest BCUT2D eigenvalue weighted by molar-refractivity contribution is 7.13. The molecule has 1 aliphatic heterocycles. The van der Waals surface area contributed by atoms with E-state index in [4.69, 9.17) is 5.26 Å². The van der Waals surface area contributed by atoms with Gasteiger partial charge in [-0.05, 0) is 38.8 Å². The van der Waals surface area contributed by atoms with Crippen LogP contribution >= 0.6 is 11.3 Å². The molecule has 0 unspecified atom stereocenters. The second-order valence-corrected chi connectivity index (χ2v) is 6.16. The van der Waals surface area contributed by atoms with Gasteiger partial charge in [0.2, 0.25) is 0 Å². The fourth-order valence-electron chi connectivity index (χ4n) is 2.02. The zero-order valence-electron chi connectivity index (χ0n) is 10.2. The summed E-state index contributed by atoms with van der Waals surface area (Å²) in [5.41, 5.74) is -0.248. The molecule has 0 spiro atoms. The molecule has 17 heavy (non-hydrogen) atoms. The van der Waals surface area contributed by atoms with E-state index in [1.807, 2.05) is 30.9 Å². The third kappa shape index (κ3) is 2.50. The zero-order valence-corrected chi connectivity index (χ0v) is 11.0. The molecule has 1 aromatic rings. The molecule has 0 saturated carbocycles. The van der Waals surface area contributed by atoms with E-state index in [2.05, 4.69) is 6.07 Å². The summed E-state index contributed by atoms with van der Waals surface area (Å²) in [7, 11) is 0. The van der Waals surface area contributed by atoms with Gasteiger partial charge in [0.25, 0.3) is 5.91 Å². The van der Waals surface area contributed by atoms with Crippen LogP contribution in [0.3, 0.4) is 0 Å². The Hall–Kier alpha value is -1.34. The smallest absolute Gasteiger partial charge is 0.263 e. The Balaban J connectivity index is 2.02. The normalized spacial score (nSPS) is 18.8. The molecule has 1 aliphatic rings. The molecule has 0 radical (unpaired) electrons. The van der Waals surface area contributed by atoms with Gasteiger partial charge < -0.3 is 4.90 Å². The largest absolute Gasteiger partial charge is 0.338 e. The number of hydrogen-bond donors (Lipinski definition) is 0. The number of nitriles is 1. The maximum absolute atomic E-state index is 12.2. The van der Waals surface area contributed by atoms with Crippen LogP contribution in [-0.4, -0.2) is 23.9 Å². The summed E-state index contributed by atoms with van der Waals surface area (Å²) in [6, 6.07) is 6.21. The summed E-state index contributed by atoms with van der Waals surface area (Å²) in [4.78, 5) is 16.0. The highest BCUT2D eigenvalue weighted by atomic mass is 32.1. The molecule has 1 fully saturated rings. The van der Waals surface area contributed by atoms with Gasteiger partial charge in [-0.25, -0.2) is 0 Å². The quantitative estimate of drug-likeness (QED) is 0.767. The first-order valence-corrected chi connectivity index (χ1v) is 6.63. The Morgan fingerprint density at radius 3 is 2.59 bits per heavy atom. The number of piperidine rings is 1. The Kier molecular flexibility index (Phi) is 3.21. The fourth-order valence-corrected chi connectivity index (χ4v) is 2.86. The van der Waals surface area contributed by atoms with Crippen LogP contribution in [0.4, 0.5) is 0 Å². The number of carbonyl (C=O) groups excluding carboxylic acids is 1. The average molecular weight is 248 g/mol. The van der Waals surface area contributed by atoms with E-state index in [0.717, 1.165) is 22.6 Å². The van der Waals surface area contributed by atoms with Crippen molar-refractivity contribution in [1.29, 1.82) is 5.26 Å². The van der Waals surface area contributed by atoms with E-state index in [1.54, 1.807) is 0 Å². The summed E-state index contributed by atoms with van der Waals surface area (Å²) >= 11 is 1.54. The SMILES string of the molecule is Cc1ccc(C(=O)N2CCC(C)(C#N)CC2)s1. The molecule has 0 aromatic carbocycles. The minimum absolute atomic E-state index is 0.114. The van der Waals surface area contributed by atoms with Gasteiger partial charge in [-0.15, -0.1) is 11.3 Å². The van der Waals surface area contributed by atoms with Gasteiger partial charge >= 0.3 is 0 Å². The number of nitrogens with zero attached hydrogens (tertiary/aromatic N) is 2. The third-order valence-corrected chi connectivity index (χ3v) is 4.36. The zero-order chi connectivity index (χ0) is 12.5. The second-order valence-electron chi connectivity index (χ2n) is 4.87. The van der Waals surface area contributed by atoms with Gasteiger partial charge in [0.15, 0.2) is 0 Å². The standard InChI is InChI=1S/C13H16N2OS/c1-10-3-4-11(17-10)12(16)15-7-5-13(2,9-14)6-8-15/h3-4H,5-8H2,1-2H3. The van der Waals surface area contributed by atoms with Gasteiger partial charge in [-0.1, -0.05) is 0 Å². The van der Waals surface area contributed by atoms with E-state index in [0.29, 0.717) is 13.1 Å². The van der Waals surface area contributed by atoms with Crippen molar-refractivity contribution in [3.05, 3.63) is 21.9 Å². The first-order valence-electron chi connectivity index (χ1n) is 5.81. The molecule has 0 N–H and O–H groups in total. The van der Waals surface area contributed by atoms with Gasteiger partial charge in [-0.3, -0.25) is 4.79 Å². The van der Waals surface area contributed by atoms with Crippen LogP contribution in [-0.2, 0) is 0 Å². The average Bonchev–Trinajstić information content (AvgIpc) is 2.76. The summed E-state index contributed by atoms with van der Waals surface area (Å²) in [5, 5.41) is 9.04. The van der Waals surface area contributed by atoms with Crippen molar-refractivity contribution in [3.63, 3.8) is 0 Å². The lowest BCUT2D eigenvalue weighted by Crippen LogP contribution is -2.41. The minimum atomic E-state index is -0.248. The van der Waals surface area contributed by atoms with Gasteiger partial charge in [-0.2, -0.15) is 5.26 Å². The number of thiophene rings is 1. The van der Waals surface area contributed by atoms with Crippen LogP contribution in [0.25, 0.3) is 0 Å². The molecule has 4 heteroatoms. The molecule has 1 saturated heterocycles. The maximum Gasteiger partial charge on any atom is 0.263 e. The van der Waals surface area contributed by atoms with Crippen LogP contribution in [0.2, 0.25) is 0 Å². The Morgan fingerprint density at radius 2 is 2.12 bits per heavy atom. The van der Waals surface area contributed by atoms with Crippen LogP contribution in [0, 0.1) is 23.7 Å². The number of hydrogen-bond acceptors (Lipinski definition) is 3. The molecule has 0 aliphatic carbocycles. The van der Waals surface area contributed by atoms with Crippen LogP contribution in [0.5, 0.6) is 0 Å². The predicted molar refractivity (Wildman–Crippen MR) is 67.9 cm³/mol. The van der Waals surface area contributed by atoms with Gasteiger partial charge in [0.05, 0.1) is 16.4 Å². The lowest BCUT2D eigenvalue weighted by Gasteiger charge is -2.34. The predicted octanol–water partition coefficient (Wildman–Crippen LogP) is 2.82. The first-order chi connectivity index (χ1) is 8.04. The molecule has 90 valence electrons. The van der Waals surface area contributed by atoms with Crippen LogP contribution in [0.15, 0.2) is 12.1 Å².